The van der Waals surface area contributed by atoms with Crippen LogP contribution in [0.1, 0.15) is 16.1 Å². The summed E-state index contributed by atoms with van der Waals surface area (Å²) in [5.41, 5.74) is 0. The highest BCUT2D eigenvalue weighted by atomic mass is 35.5. The molecule has 0 unspecified atom stereocenters. The van der Waals surface area contributed by atoms with Gasteiger partial charge in [-0.05, 0) is 6.42 Å². The molecule has 0 bridgehead atoms. The maximum Gasteiger partial charge on any atom is 0.351 e. The van der Waals surface area contributed by atoms with E-state index in [0.717, 1.165) is 31.2 Å². The Balaban J connectivity index is 2.18. The number of carbonyl (C=O) groups excluding carboxylic acids is 1. The van der Waals surface area contributed by atoms with E-state index in [1.54, 1.807) is 0 Å². The summed E-state index contributed by atoms with van der Waals surface area (Å²) < 4.78 is 10.0. The van der Waals surface area contributed by atoms with Gasteiger partial charge in [0.1, 0.15) is 0 Å². The number of methoxy groups -OCH3 is 1. The van der Waals surface area contributed by atoms with E-state index < -0.39 is 5.97 Å². The molecule has 1 saturated heterocycles. The predicted molar refractivity (Wildman–Crippen MR) is 66.1 cm³/mol. The van der Waals surface area contributed by atoms with Gasteiger partial charge in [0.2, 0.25) is 0 Å². The molecule has 0 atom stereocenters. The minimum atomic E-state index is -0.440. The van der Waals surface area contributed by atoms with E-state index in [9.17, 15) is 4.79 Å². The topological polar surface area (TPSA) is 51.7 Å². The summed E-state index contributed by atoms with van der Waals surface area (Å²) in [4.78, 5) is 18.1. The van der Waals surface area contributed by atoms with Crippen molar-refractivity contribution in [3.05, 3.63) is 10.0 Å². The molecule has 1 aromatic rings. The first-order valence-electron chi connectivity index (χ1n) is 5.29. The molecule has 1 aromatic heterocycles. The van der Waals surface area contributed by atoms with Gasteiger partial charge < -0.3 is 14.4 Å². The summed E-state index contributed by atoms with van der Waals surface area (Å²) in [6.45, 7) is 3.07. The molecule has 1 fully saturated rings. The van der Waals surface area contributed by atoms with Gasteiger partial charge in [-0.1, -0.05) is 22.9 Å². The lowest BCUT2D eigenvalue weighted by Gasteiger charge is -2.17. The maximum absolute atomic E-state index is 11.4. The van der Waals surface area contributed by atoms with Crippen LogP contribution >= 0.6 is 22.9 Å². The zero-order chi connectivity index (χ0) is 12.3. The van der Waals surface area contributed by atoms with Crippen LogP contribution in [0.2, 0.25) is 5.15 Å². The van der Waals surface area contributed by atoms with Crippen LogP contribution in [-0.2, 0) is 9.47 Å². The van der Waals surface area contributed by atoms with Gasteiger partial charge in [0.05, 0.1) is 13.7 Å². The number of thiazole rings is 1. The fourth-order valence-corrected chi connectivity index (χ4v) is 2.83. The zero-order valence-electron chi connectivity index (χ0n) is 9.44. The average molecular weight is 277 g/mol. The molecule has 1 aliphatic rings. The van der Waals surface area contributed by atoms with Crippen LogP contribution in [-0.4, -0.2) is 44.4 Å². The monoisotopic (exact) mass is 276 g/mol. The molecule has 5 nitrogen and oxygen atoms in total. The van der Waals surface area contributed by atoms with E-state index in [0.29, 0.717) is 11.5 Å². The highest BCUT2D eigenvalue weighted by Crippen LogP contribution is 2.30. The van der Waals surface area contributed by atoms with Gasteiger partial charge in [0.25, 0.3) is 0 Å². The van der Waals surface area contributed by atoms with Crippen molar-refractivity contribution in [3.8, 4) is 0 Å². The largest absolute Gasteiger partial charge is 0.465 e. The van der Waals surface area contributed by atoms with Crippen molar-refractivity contribution in [2.45, 2.75) is 6.42 Å². The van der Waals surface area contributed by atoms with Crippen molar-refractivity contribution in [1.82, 2.24) is 4.98 Å². The maximum atomic E-state index is 11.4. The van der Waals surface area contributed by atoms with E-state index in [2.05, 4.69) is 14.6 Å². The molecule has 17 heavy (non-hydrogen) atoms. The standard InChI is InChI=1S/C10H13ClN2O3S/c1-15-9(14)7-8(11)12-10(17-7)13-3-2-5-16-6-4-13/h2-6H2,1H3. The minimum absolute atomic E-state index is 0.210. The van der Waals surface area contributed by atoms with Crippen molar-refractivity contribution in [3.63, 3.8) is 0 Å². The normalized spacial score (nSPS) is 16.7. The number of aromatic nitrogens is 1. The van der Waals surface area contributed by atoms with Crippen LogP contribution in [0.25, 0.3) is 0 Å². The van der Waals surface area contributed by atoms with Crippen LogP contribution < -0.4 is 4.90 Å². The Morgan fingerprint density at radius 3 is 3.12 bits per heavy atom. The van der Waals surface area contributed by atoms with Gasteiger partial charge in [-0.15, -0.1) is 0 Å². The highest BCUT2D eigenvalue weighted by molar-refractivity contribution is 7.18. The molecule has 0 N–H and O–H groups in total. The first-order valence-corrected chi connectivity index (χ1v) is 6.49. The lowest BCUT2D eigenvalue weighted by atomic mass is 10.4. The molecule has 1 aliphatic heterocycles. The third-order valence-electron chi connectivity index (χ3n) is 2.44. The van der Waals surface area contributed by atoms with Gasteiger partial charge in [0, 0.05) is 19.7 Å². The quantitative estimate of drug-likeness (QED) is 0.771. The van der Waals surface area contributed by atoms with E-state index in [-0.39, 0.29) is 5.15 Å². The van der Waals surface area contributed by atoms with Crippen LogP contribution in [0.15, 0.2) is 0 Å². The number of esters is 1. The smallest absolute Gasteiger partial charge is 0.351 e. The van der Waals surface area contributed by atoms with Crippen molar-refractivity contribution >= 4 is 34.0 Å². The van der Waals surface area contributed by atoms with Crippen molar-refractivity contribution < 1.29 is 14.3 Å². The third-order valence-corrected chi connectivity index (χ3v) is 3.92. The number of anilines is 1. The van der Waals surface area contributed by atoms with Crippen molar-refractivity contribution in [2.24, 2.45) is 0 Å². The Hall–Kier alpha value is -0.850. The third kappa shape index (κ3) is 2.88. The van der Waals surface area contributed by atoms with Crippen LogP contribution in [0.3, 0.4) is 0 Å². The van der Waals surface area contributed by atoms with Crippen LogP contribution in [0, 0.1) is 0 Å². The number of halogens is 1. The van der Waals surface area contributed by atoms with E-state index >= 15 is 0 Å². The summed E-state index contributed by atoms with van der Waals surface area (Å²) in [6.07, 6.45) is 0.949. The summed E-state index contributed by atoms with van der Waals surface area (Å²) in [7, 11) is 1.33. The molecule has 0 amide bonds. The second-order valence-corrected chi connectivity index (χ2v) is 4.90. The number of hydrogen-bond donors (Lipinski definition) is 0. The van der Waals surface area contributed by atoms with Gasteiger partial charge >= 0.3 is 5.97 Å². The predicted octanol–water partition coefficient (Wildman–Crippen LogP) is 1.81. The summed E-state index contributed by atoms with van der Waals surface area (Å²) in [6, 6.07) is 0. The number of ether oxygens (including phenoxy) is 2. The Kier molecular flexibility index (Phi) is 4.20. The summed E-state index contributed by atoms with van der Waals surface area (Å²) in [5, 5.41) is 0.961. The fourth-order valence-electron chi connectivity index (χ4n) is 1.58. The van der Waals surface area contributed by atoms with Crippen molar-refractivity contribution in [1.29, 1.82) is 0 Å². The van der Waals surface area contributed by atoms with E-state index in [1.807, 2.05) is 0 Å². The number of carbonyl (C=O) groups is 1. The average Bonchev–Trinajstić information content (AvgIpc) is 2.57. The summed E-state index contributed by atoms with van der Waals surface area (Å²) in [5.74, 6) is -0.440. The molecular formula is C10H13ClN2O3S. The lowest BCUT2D eigenvalue weighted by Crippen LogP contribution is -2.25. The van der Waals surface area contributed by atoms with Gasteiger partial charge in [-0.3, -0.25) is 0 Å². The number of nitrogens with zero attached hydrogens (tertiary/aromatic N) is 2. The lowest BCUT2D eigenvalue weighted by molar-refractivity contribution is 0.0606. The SMILES string of the molecule is COC(=O)c1sc(N2CCCOCC2)nc1Cl. The first kappa shape index (κ1) is 12.6. The number of rotatable bonds is 2. The molecule has 94 valence electrons. The Bertz CT molecular complexity index is 402. The van der Waals surface area contributed by atoms with Crippen LogP contribution in [0.4, 0.5) is 5.13 Å². The fraction of sp³-hybridized carbons (Fsp3) is 0.600. The minimum Gasteiger partial charge on any atom is -0.465 e. The molecule has 0 saturated carbocycles. The highest BCUT2D eigenvalue weighted by Gasteiger charge is 2.21. The molecule has 2 rings (SSSR count). The Labute approximate surface area is 108 Å². The molecule has 0 aliphatic carbocycles. The second kappa shape index (κ2) is 5.66. The first-order chi connectivity index (χ1) is 8.22. The van der Waals surface area contributed by atoms with Crippen LogP contribution in [0.5, 0.6) is 0 Å². The molecular weight excluding hydrogens is 264 g/mol. The van der Waals surface area contributed by atoms with Crippen molar-refractivity contribution in [2.75, 3.05) is 38.3 Å². The Morgan fingerprint density at radius 2 is 2.35 bits per heavy atom. The Morgan fingerprint density at radius 1 is 1.53 bits per heavy atom. The van der Waals surface area contributed by atoms with Gasteiger partial charge in [-0.2, -0.15) is 0 Å². The summed E-state index contributed by atoms with van der Waals surface area (Å²) >= 11 is 7.18. The molecule has 7 heteroatoms. The molecule has 0 aromatic carbocycles. The van der Waals surface area contributed by atoms with Gasteiger partial charge in [-0.25, -0.2) is 9.78 Å². The van der Waals surface area contributed by atoms with E-state index in [4.69, 9.17) is 16.3 Å². The zero-order valence-corrected chi connectivity index (χ0v) is 11.0. The number of hydrogen-bond acceptors (Lipinski definition) is 6. The molecule has 0 radical (unpaired) electrons. The molecule has 0 spiro atoms. The molecule has 2 heterocycles. The van der Waals surface area contributed by atoms with E-state index in [1.165, 1.54) is 18.4 Å². The second-order valence-electron chi connectivity index (χ2n) is 3.56. The van der Waals surface area contributed by atoms with Gasteiger partial charge in [0.15, 0.2) is 15.2 Å².